The van der Waals surface area contributed by atoms with Crippen molar-refractivity contribution in [1.82, 2.24) is 0 Å². The first-order valence-electron chi connectivity index (χ1n) is 11.4. The summed E-state index contributed by atoms with van der Waals surface area (Å²) >= 11 is 0. The second-order valence-corrected chi connectivity index (χ2v) is 16.8. The maximum absolute atomic E-state index is 2.60. The van der Waals surface area contributed by atoms with Crippen molar-refractivity contribution in [1.29, 1.82) is 0 Å². The molecule has 0 atom stereocenters. The van der Waals surface area contributed by atoms with Gasteiger partial charge in [-0.15, -0.1) is 0 Å². The van der Waals surface area contributed by atoms with E-state index in [1.54, 1.807) is 16.4 Å². The molecule has 0 radical (unpaired) electrons. The Morgan fingerprint density at radius 3 is 1.83 bits per heavy atom. The zero-order valence-electron chi connectivity index (χ0n) is 21.4. The van der Waals surface area contributed by atoms with Crippen molar-refractivity contribution < 1.29 is 0 Å². The number of hydrogen-bond donors (Lipinski definition) is 0. The highest BCUT2D eigenvalue weighted by atomic mass is 31.2. The molecular formula is C28H46P+. The van der Waals surface area contributed by atoms with E-state index in [0.29, 0.717) is 0 Å². The molecule has 0 bridgehead atoms. The van der Waals surface area contributed by atoms with Gasteiger partial charge in [0.2, 0.25) is 0 Å². The van der Waals surface area contributed by atoms with Crippen LogP contribution in [0.3, 0.4) is 0 Å². The highest BCUT2D eigenvalue weighted by Crippen LogP contribution is 2.52. The molecule has 0 spiro atoms. The van der Waals surface area contributed by atoms with E-state index in [0.717, 1.165) is 6.42 Å². The summed E-state index contributed by atoms with van der Waals surface area (Å²) in [6.45, 7) is 28.7. The lowest BCUT2D eigenvalue weighted by Gasteiger charge is -2.42. The Morgan fingerprint density at radius 2 is 1.41 bits per heavy atom. The molecule has 1 aliphatic carbocycles. The van der Waals surface area contributed by atoms with Crippen LogP contribution in [0.5, 0.6) is 0 Å². The molecule has 0 aliphatic heterocycles. The molecule has 0 saturated heterocycles. The highest BCUT2D eigenvalue weighted by molar-refractivity contribution is 7.81. The molecule has 0 nitrogen and oxygen atoms in total. The van der Waals surface area contributed by atoms with Gasteiger partial charge < -0.3 is 0 Å². The lowest BCUT2D eigenvalue weighted by Crippen LogP contribution is -2.35. The Morgan fingerprint density at radius 1 is 0.931 bits per heavy atom. The third kappa shape index (κ3) is 5.25. The molecule has 0 unspecified atom stereocenters. The van der Waals surface area contributed by atoms with E-state index in [9.17, 15) is 0 Å². The van der Waals surface area contributed by atoms with Crippen LogP contribution in [0.25, 0.3) is 5.57 Å². The lowest BCUT2D eigenvalue weighted by atomic mass is 9.63. The van der Waals surface area contributed by atoms with E-state index in [1.165, 1.54) is 29.6 Å². The average molecular weight is 414 g/mol. The van der Waals surface area contributed by atoms with E-state index in [-0.39, 0.29) is 16.2 Å². The second kappa shape index (κ2) is 8.00. The molecule has 1 heteroatoms. The quantitative estimate of drug-likeness (QED) is 0.343. The lowest BCUT2D eigenvalue weighted by molar-refractivity contribution is 0.332. The van der Waals surface area contributed by atoms with E-state index < -0.39 is 7.26 Å². The number of rotatable bonds is 4. The van der Waals surface area contributed by atoms with Gasteiger partial charge in [-0.3, -0.25) is 0 Å². The van der Waals surface area contributed by atoms with Gasteiger partial charge in [0.25, 0.3) is 0 Å². The fourth-order valence-electron chi connectivity index (χ4n) is 4.69. The van der Waals surface area contributed by atoms with Crippen LogP contribution in [0.1, 0.15) is 98.3 Å². The summed E-state index contributed by atoms with van der Waals surface area (Å²) < 4.78 is 0. The van der Waals surface area contributed by atoms with E-state index >= 15 is 0 Å². The summed E-state index contributed by atoms with van der Waals surface area (Å²) in [6.07, 6.45) is 8.42. The average Bonchev–Trinajstić information content (AvgIpc) is 2.56. The van der Waals surface area contributed by atoms with Crippen molar-refractivity contribution in [2.24, 2.45) is 5.41 Å². The van der Waals surface area contributed by atoms with Crippen LogP contribution in [-0.4, -0.2) is 20.0 Å². The largest absolute Gasteiger partial charge is 0.101 e. The fourth-order valence-corrected chi connectivity index (χ4v) is 6.17. The van der Waals surface area contributed by atoms with Crippen molar-refractivity contribution in [3.63, 3.8) is 0 Å². The maximum Gasteiger partial charge on any atom is 0.101 e. The molecule has 0 heterocycles. The zero-order chi connectivity index (χ0) is 22.4. The van der Waals surface area contributed by atoms with Gasteiger partial charge >= 0.3 is 0 Å². The zero-order valence-corrected chi connectivity index (χ0v) is 22.3. The minimum absolute atomic E-state index is 0.229. The minimum Gasteiger partial charge on any atom is -0.0651 e. The smallest absolute Gasteiger partial charge is 0.0651 e. The number of allylic oxidation sites excluding steroid dienone is 4. The van der Waals surface area contributed by atoms with Crippen LogP contribution in [0.4, 0.5) is 0 Å². The molecule has 0 aromatic heterocycles. The van der Waals surface area contributed by atoms with Gasteiger partial charge in [0.15, 0.2) is 0 Å². The Balaban J connectivity index is 2.74. The molecule has 29 heavy (non-hydrogen) atoms. The summed E-state index contributed by atoms with van der Waals surface area (Å²) in [5, 5.41) is 1.60. The van der Waals surface area contributed by atoms with Gasteiger partial charge in [-0.1, -0.05) is 73.1 Å². The first-order chi connectivity index (χ1) is 13.0. The van der Waals surface area contributed by atoms with Crippen LogP contribution in [0, 0.1) is 5.41 Å². The van der Waals surface area contributed by atoms with E-state index in [1.807, 2.05) is 0 Å². The maximum atomic E-state index is 2.60. The molecule has 162 valence electrons. The first-order valence-corrected chi connectivity index (χ1v) is 14.5. The highest BCUT2D eigenvalue weighted by Gasteiger charge is 2.40. The molecule has 1 aliphatic rings. The van der Waals surface area contributed by atoms with E-state index in [4.69, 9.17) is 0 Å². The molecule has 0 N–H and O–H groups in total. The predicted octanol–water partition coefficient (Wildman–Crippen LogP) is 8.35. The van der Waals surface area contributed by atoms with Gasteiger partial charge in [-0.25, -0.2) is 0 Å². The van der Waals surface area contributed by atoms with Crippen LogP contribution in [-0.2, 0) is 10.8 Å². The van der Waals surface area contributed by atoms with Crippen molar-refractivity contribution in [3.05, 3.63) is 46.5 Å². The summed E-state index contributed by atoms with van der Waals surface area (Å²) in [5.74, 6) is 0. The molecule has 0 saturated carbocycles. The van der Waals surface area contributed by atoms with Gasteiger partial charge in [0.1, 0.15) is 5.30 Å². The second-order valence-electron chi connectivity index (χ2n) is 12.3. The van der Waals surface area contributed by atoms with Crippen molar-refractivity contribution >= 4 is 18.1 Å². The van der Waals surface area contributed by atoms with Crippen molar-refractivity contribution in [3.8, 4) is 0 Å². The Bertz CT molecular complexity index is 817. The molecule has 2 rings (SSSR count). The molecule has 0 amide bonds. The van der Waals surface area contributed by atoms with E-state index in [2.05, 4.69) is 107 Å². The van der Waals surface area contributed by atoms with Crippen molar-refractivity contribution in [2.45, 2.75) is 92.4 Å². The SMILES string of the molecule is CC/C(=C\C=C(/C)c1cc2c(cc1[P+](C)(C)C)C(C)(C)CCC2(C)C)C(C)(C)C. The third-order valence-electron chi connectivity index (χ3n) is 7.00. The molecular weight excluding hydrogens is 367 g/mol. The first kappa shape index (κ1) is 24.4. The Kier molecular flexibility index (Phi) is 6.73. The fraction of sp³-hybridized carbons (Fsp3) is 0.643. The number of benzene rings is 1. The van der Waals surface area contributed by atoms with Gasteiger partial charge in [-0.05, 0) is 71.3 Å². The Labute approximate surface area is 182 Å². The monoisotopic (exact) mass is 413 g/mol. The van der Waals surface area contributed by atoms with Crippen LogP contribution in [0.2, 0.25) is 0 Å². The summed E-state index contributed by atoms with van der Waals surface area (Å²) in [4.78, 5) is 0. The predicted molar refractivity (Wildman–Crippen MR) is 138 cm³/mol. The molecule has 1 aromatic rings. The summed E-state index contributed by atoms with van der Waals surface area (Å²) in [5.41, 5.74) is 8.33. The Hall–Kier alpha value is -0.870. The van der Waals surface area contributed by atoms with Crippen LogP contribution < -0.4 is 5.30 Å². The van der Waals surface area contributed by atoms with Crippen molar-refractivity contribution in [2.75, 3.05) is 20.0 Å². The normalized spacial score (nSPS) is 19.9. The minimum atomic E-state index is -1.15. The third-order valence-corrected chi connectivity index (χ3v) is 8.81. The summed E-state index contributed by atoms with van der Waals surface area (Å²) in [7, 11) is -1.15. The standard InChI is InChI=1S/C28H46P/c1-13-21(26(3,4)5)15-14-20(2)22-18-23-24(19-25(22)29(10,11)12)28(8,9)17-16-27(23,6)7/h14-15,18-19H,13,16-17H2,1-12H3/q+1/b20-14+,21-15+. The molecule has 0 fully saturated rings. The number of fused-ring (bicyclic) bond motifs is 1. The van der Waals surface area contributed by atoms with Gasteiger partial charge in [0, 0.05) is 12.8 Å². The van der Waals surface area contributed by atoms with Crippen LogP contribution in [0.15, 0.2) is 29.9 Å². The topological polar surface area (TPSA) is 0 Å². The number of hydrogen-bond acceptors (Lipinski definition) is 0. The van der Waals surface area contributed by atoms with Crippen LogP contribution >= 0.6 is 7.26 Å². The van der Waals surface area contributed by atoms with Gasteiger partial charge in [-0.2, -0.15) is 0 Å². The summed E-state index contributed by atoms with van der Waals surface area (Å²) in [6, 6.07) is 5.17. The van der Waals surface area contributed by atoms with Gasteiger partial charge in [0.05, 0.1) is 20.0 Å². The molecule has 1 aromatic carbocycles.